The number of halogens is 1. The molecule has 0 radical (unpaired) electrons. The third kappa shape index (κ3) is 12.0. The monoisotopic (exact) mass is 1020 g/mol. The van der Waals surface area contributed by atoms with Gasteiger partial charge in [-0.25, -0.2) is 4.98 Å². The van der Waals surface area contributed by atoms with Gasteiger partial charge in [-0.1, -0.05) is 96.5 Å². The maximum atomic E-state index is 14.4. The molecule has 7 rings (SSSR count). The number of β-amino-alcohol motifs (C(OH)–C–C–N with tert-alkyl or cyclic N) is 1. The lowest BCUT2D eigenvalue weighted by molar-refractivity contribution is -0.164. The molecule has 3 aliphatic rings. The number of aliphatic hydroxyl groups excluding tert-OH is 1. The van der Waals surface area contributed by atoms with Gasteiger partial charge in [0.1, 0.15) is 30.0 Å². The first-order valence-corrected chi connectivity index (χ1v) is 26.5. The number of carbonyl (C=O) groups is 4. The standard InChI is InChI=1S/C56H73ClN8O6S/c1-33-29-64(31-46(67)61-48(54(5,6)7)51(70)65-30-42(66)25-45(65)50(69)60-35(3)38-18-20-39(21-19-38)47-36(4)59-32-72-47)34(2)28-63(33)24-12-13-37-14-16-40(17-15-37)49(68)62-52-55(8,9)53(56(52,10)11)71-43-23-22-41(27-58)44(57)26-43/h14-23,26,32-35,42,45,48,52-53,66H,12-13,24-25,28-31H2,1-11H3,(H,60,69)(H,61,67)(H,62,68)/t33-,34+,35-,42+,45?,48+,52?,53?/m0/s1. The van der Waals surface area contributed by atoms with Crippen molar-refractivity contribution < 1.29 is 29.0 Å². The zero-order valence-corrected chi connectivity index (χ0v) is 45.3. The second kappa shape index (κ2) is 22.0. The third-order valence-corrected chi connectivity index (χ3v) is 16.5. The van der Waals surface area contributed by atoms with Gasteiger partial charge in [0, 0.05) is 66.6 Å². The minimum atomic E-state index is -0.916. The molecule has 3 aromatic carbocycles. The Bertz CT molecular complexity index is 2630. The van der Waals surface area contributed by atoms with Crippen LogP contribution in [0.2, 0.25) is 5.02 Å². The van der Waals surface area contributed by atoms with E-state index < -0.39 is 23.6 Å². The smallest absolute Gasteiger partial charge is 0.251 e. The number of hydrogen-bond acceptors (Lipinski definition) is 11. The normalized spacial score (nSPS) is 23.8. The van der Waals surface area contributed by atoms with Crippen LogP contribution >= 0.6 is 22.9 Å². The van der Waals surface area contributed by atoms with Crippen molar-refractivity contribution in [3.05, 3.63) is 105 Å². The topological polar surface area (TPSA) is 180 Å². The molecule has 14 nitrogen and oxygen atoms in total. The molecular weight excluding hydrogens is 948 g/mol. The molecule has 3 fully saturated rings. The van der Waals surface area contributed by atoms with Gasteiger partial charge in [-0.15, -0.1) is 11.3 Å². The predicted octanol–water partition coefficient (Wildman–Crippen LogP) is 7.95. The molecule has 1 aromatic heterocycles. The van der Waals surface area contributed by atoms with E-state index in [0.29, 0.717) is 28.4 Å². The predicted molar refractivity (Wildman–Crippen MR) is 283 cm³/mol. The van der Waals surface area contributed by atoms with E-state index >= 15 is 0 Å². The number of thiazole rings is 1. The molecule has 4 amide bonds. The van der Waals surface area contributed by atoms with Crippen LogP contribution in [0.1, 0.15) is 121 Å². The number of amides is 4. The highest BCUT2D eigenvalue weighted by Gasteiger charge is 2.64. The fourth-order valence-electron chi connectivity index (χ4n) is 11.3. The number of benzene rings is 3. The molecule has 4 N–H and O–H groups in total. The van der Waals surface area contributed by atoms with Gasteiger partial charge < -0.3 is 30.7 Å². The van der Waals surface area contributed by atoms with Crippen LogP contribution in [0, 0.1) is 34.5 Å². The number of piperazine rings is 1. The summed E-state index contributed by atoms with van der Waals surface area (Å²) in [6.07, 6.45) is 0.833. The van der Waals surface area contributed by atoms with Crippen LogP contribution in [-0.2, 0) is 20.8 Å². The van der Waals surface area contributed by atoms with E-state index in [4.69, 9.17) is 16.3 Å². The Kier molecular flexibility index (Phi) is 16.6. The molecule has 16 heteroatoms. The van der Waals surface area contributed by atoms with Gasteiger partial charge >= 0.3 is 0 Å². The number of aryl methyl sites for hydroxylation is 2. The second-order valence-corrected chi connectivity index (χ2v) is 23.9. The molecule has 3 heterocycles. The van der Waals surface area contributed by atoms with E-state index in [1.54, 1.807) is 29.5 Å². The van der Waals surface area contributed by atoms with Crippen molar-refractivity contribution in [3.8, 4) is 22.3 Å². The summed E-state index contributed by atoms with van der Waals surface area (Å²) < 4.78 is 6.39. The minimum absolute atomic E-state index is 0.00551. The number of hydrogen-bond donors (Lipinski definition) is 4. The van der Waals surface area contributed by atoms with Crippen molar-refractivity contribution in [1.82, 2.24) is 35.6 Å². The van der Waals surface area contributed by atoms with E-state index in [0.717, 1.165) is 53.2 Å². The van der Waals surface area contributed by atoms with E-state index in [1.807, 2.05) is 88.7 Å². The first-order chi connectivity index (χ1) is 33.9. The third-order valence-electron chi connectivity index (χ3n) is 15.2. The zero-order chi connectivity index (χ0) is 52.4. The molecule has 1 unspecified atom stereocenters. The van der Waals surface area contributed by atoms with Gasteiger partial charge in [0.2, 0.25) is 17.7 Å². The summed E-state index contributed by atoms with van der Waals surface area (Å²) >= 11 is 7.85. The van der Waals surface area contributed by atoms with Crippen molar-refractivity contribution >= 4 is 46.6 Å². The van der Waals surface area contributed by atoms with E-state index in [1.165, 1.54) is 4.90 Å². The largest absolute Gasteiger partial charge is 0.489 e. The number of nitriles is 1. The van der Waals surface area contributed by atoms with Gasteiger partial charge in [0.25, 0.3) is 5.91 Å². The average Bonchev–Trinajstić information content (AvgIpc) is 3.95. The van der Waals surface area contributed by atoms with Crippen molar-refractivity contribution in [3.63, 3.8) is 0 Å². The number of nitrogens with one attached hydrogen (secondary N) is 3. The van der Waals surface area contributed by atoms with Gasteiger partial charge in [0.05, 0.1) is 45.4 Å². The number of rotatable bonds is 16. The van der Waals surface area contributed by atoms with Crippen molar-refractivity contribution in [2.75, 3.05) is 32.7 Å². The lowest BCUT2D eigenvalue weighted by atomic mass is 9.49. The Morgan fingerprint density at radius 3 is 2.21 bits per heavy atom. The second-order valence-electron chi connectivity index (χ2n) is 22.6. The van der Waals surface area contributed by atoms with E-state index in [-0.39, 0.29) is 84.2 Å². The summed E-state index contributed by atoms with van der Waals surface area (Å²) in [5.41, 5.74) is 5.49. The van der Waals surface area contributed by atoms with Crippen LogP contribution in [0.5, 0.6) is 5.75 Å². The van der Waals surface area contributed by atoms with Crippen LogP contribution in [0.3, 0.4) is 0 Å². The summed E-state index contributed by atoms with van der Waals surface area (Å²) in [6.45, 7) is 24.7. The lowest BCUT2D eigenvalue weighted by Crippen LogP contribution is -2.74. The summed E-state index contributed by atoms with van der Waals surface area (Å²) in [6, 6.07) is 21.0. The molecule has 4 aromatic rings. The Morgan fingerprint density at radius 1 is 0.944 bits per heavy atom. The minimum Gasteiger partial charge on any atom is -0.489 e. The number of aliphatic hydroxyl groups is 1. The molecule has 2 saturated heterocycles. The number of ether oxygens (including phenoxy) is 1. The Labute approximate surface area is 434 Å². The molecule has 386 valence electrons. The maximum Gasteiger partial charge on any atom is 0.251 e. The van der Waals surface area contributed by atoms with Crippen LogP contribution in [0.15, 0.2) is 72.2 Å². The summed E-state index contributed by atoms with van der Waals surface area (Å²) in [4.78, 5) is 67.1. The average molecular weight is 1020 g/mol. The summed E-state index contributed by atoms with van der Waals surface area (Å²) in [5.74, 6) is -0.535. The van der Waals surface area contributed by atoms with Crippen molar-refractivity contribution in [2.45, 2.75) is 144 Å². The summed E-state index contributed by atoms with van der Waals surface area (Å²) in [7, 11) is 0. The number of carbonyl (C=O) groups excluding carboxylic acids is 4. The molecule has 0 bridgehead atoms. The van der Waals surface area contributed by atoms with E-state index in [9.17, 15) is 29.5 Å². The Balaban J connectivity index is 0.864. The Hall–Kier alpha value is -5.37. The van der Waals surface area contributed by atoms with Gasteiger partial charge in [-0.2, -0.15) is 5.26 Å². The highest BCUT2D eigenvalue weighted by Crippen LogP contribution is 2.55. The molecular formula is C56H73ClN8O6S. The lowest BCUT2D eigenvalue weighted by Gasteiger charge is -2.63. The van der Waals surface area contributed by atoms with Gasteiger partial charge in [0.15, 0.2) is 0 Å². The first kappa shape index (κ1) is 54.4. The van der Waals surface area contributed by atoms with Gasteiger partial charge in [-0.05, 0) is 93.5 Å². The van der Waals surface area contributed by atoms with Crippen LogP contribution in [0.4, 0.5) is 0 Å². The van der Waals surface area contributed by atoms with Crippen molar-refractivity contribution in [1.29, 1.82) is 5.26 Å². The quantitative estimate of drug-likeness (QED) is 0.0861. The zero-order valence-electron chi connectivity index (χ0n) is 43.7. The van der Waals surface area contributed by atoms with Crippen LogP contribution < -0.4 is 20.7 Å². The maximum absolute atomic E-state index is 14.4. The molecule has 0 spiro atoms. The molecule has 6 atom stereocenters. The number of likely N-dealkylation sites (tertiary alicyclic amines) is 1. The molecule has 1 aliphatic carbocycles. The SMILES string of the molecule is Cc1ncsc1-c1ccc([C@H](C)NC(=O)C2C[C@@H](O)CN2C(=O)[C@@H](NC(=O)CN2C[C@H](C)N(CCCc3ccc(C(=O)NC4C(C)(C)C(Oc5ccc(C#N)c(Cl)c5)C4(C)C)cc3)C[C@H]2C)C(C)(C)C)cc1. The van der Waals surface area contributed by atoms with Gasteiger partial charge in [-0.3, -0.25) is 29.0 Å². The fraction of sp³-hybridized carbons (Fsp3) is 0.536. The van der Waals surface area contributed by atoms with Crippen LogP contribution in [-0.4, -0.2) is 124 Å². The molecule has 2 aliphatic heterocycles. The van der Waals surface area contributed by atoms with Crippen LogP contribution in [0.25, 0.3) is 10.4 Å². The number of aromatic nitrogens is 1. The van der Waals surface area contributed by atoms with E-state index in [2.05, 4.69) is 78.3 Å². The highest BCUT2D eigenvalue weighted by atomic mass is 35.5. The molecule has 72 heavy (non-hydrogen) atoms. The number of nitrogens with zero attached hydrogens (tertiary/aromatic N) is 5. The Morgan fingerprint density at radius 2 is 1.60 bits per heavy atom. The summed E-state index contributed by atoms with van der Waals surface area (Å²) in [5, 5.41) is 29.8. The highest BCUT2D eigenvalue weighted by molar-refractivity contribution is 7.13. The fourth-order valence-corrected chi connectivity index (χ4v) is 12.4. The molecule has 1 saturated carbocycles. The van der Waals surface area contributed by atoms with Crippen molar-refractivity contribution in [2.24, 2.45) is 16.2 Å². The first-order valence-electron chi connectivity index (χ1n) is 25.2.